The van der Waals surface area contributed by atoms with Crippen LogP contribution in [-0.4, -0.2) is 42.1 Å². The number of ether oxygens (including phenoxy) is 1. The van der Waals surface area contributed by atoms with Crippen molar-refractivity contribution in [1.29, 1.82) is 0 Å². The van der Waals surface area contributed by atoms with Crippen molar-refractivity contribution in [2.75, 3.05) is 19.6 Å². The summed E-state index contributed by atoms with van der Waals surface area (Å²) < 4.78 is 19.9. The smallest absolute Gasteiger partial charge is 0.223 e. The van der Waals surface area contributed by atoms with Crippen LogP contribution in [-0.2, 0) is 16.1 Å². The molecular weight excluding hydrogens is 331 g/mol. The van der Waals surface area contributed by atoms with E-state index in [1.54, 1.807) is 12.1 Å². The summed E-state index contributed by atoms with van der Waals surface area (Å²) in [5.41, 5.74) is 0.981. The summed E-state index contributed by atoms with van der Waals surface area (Å²) in [6, 6.07) is 6.89. The molecule has 1 spiro atoms. The van der Waals surface area contributed by atoms with Gasteiger partial charge in [0.1, 0.15) is 5.82 Å². The molecule has 4 fully saturated rings. The Morgan fingerprint density at radius 2 is 2.23 bits per heavy atom. The molecule has 5 rings (SSSR count). The van der Waals surface area contributed by atoms with Gasteiger partial charge in [0.05, 0.1) is 11.7 Å². The Kier molecular flexibility index (Phi) is 4.05. The number of likely N-dealkylation sites (tertiary alicyclic amines) is 1. The highest BCUT2D eigenvalue weighted by molar-refractivity contribution is 5.79. The molecule has 1 saturated carbocycles. The van der Waals surface area contributed by atoms with E-state index in [1.807, 2.05) is 6.07 Å². The molecule has 1 N–H and O–H groups in total. The van der Waals surface area contributed by atoms with Crippen LogP contribution in [0.1, 0.15) is 37.7 Å². The molecule has 3 aliphatic heterocycles. The Morgan fingerprint density at radius 1 is 1.35 bits per heavy atom. The van der Waals surface area contributed by atoms with Gasteiger partial charge in [-0.15, -0.1) is 0 Å². The van der Waals surface area contributed by atoms with E-state index in [0.717, 1.165) is 57.4 Å². The number of rotatable bonds is 5. The summed E-state index contributed by atoms with van der Waals surface area (Å²) in [4.78, 5) is 14.6. The second-order valence-corrected chi connectivity index (χ2v) is 8.70. The van der Waals surface area contributed by atoms with Gasteiger partial charge in [-0.1, -0.05) is 18.6 Å². The van der Waals surface area contributed by atoms with Crippen molar-refractivity contribution in [3.8, 4) is 0 Å². The molecule has 4 atom stereocenters. The predicted octanol–water partition coefficient (Wildman–Crippen LogP) is 2.72. The van der Waals surface area contributed by atoms with Crippen LogP contribution in [0.4, 0.5) is 4.39 Å². The number of hydrogen-bond acceptors (Lipinski definition) is 3. The largest absolute Gasteiger partial charge is 0.370 e. The molecule has 0 aromatic heterocycles. The SMILES string of the molecule is O=C(NC[C@H]1[C@H]2CN(Cc3cccc(F)c3)C[C@]23CC[C@H]1O3)C1CCC1. The summed E-state index contributed by atoms with van der Waals surface area (Å²) in [5, 5.41) is 3.21. The van der Waals surface area contributed by atoms with Crippen LogP contribution >= 0.6 is 0 Å². The molecule has 1 amide bonds. The number of amides is 1. The Balaban J connectivity index is 1.24. The standard InChI is InChI=1S/C21H27FN2O2/c22-16-6-1-3-14(9-16)11-24-12-18-17(10-23-20(25)15-4-2-5-15)19-7-8-21(18,13-24)26-19/h1,3,6,9,15,17-19H,2,4-5,7-8,10-13H2,(H,23,25)/t17-,18+,19+,21+/m0/s1. The number of hydrogen-bond donors (Lipinski definition) is 1. The molecule has 5 heteroatoms. The zero-order valence-electron chi connectivity index (χ0n) is 15.1. The van der Waals surface area contributed by atoms with Crippen LogP contribution < -0.4 is 5.32 Å². The van der Waals surface area contributed by atoms with Gasteiger partial charge < -0.3 is 10.1 Å². The van der Waals surface area contributed by atoms with Crippen molar-refractivity contribution in [2.45, 2.75) is 50.4 Å². The number of carbonyl (C=O) groups is 1. The van der Waals surface area contributed by atoms with Crippen LogP contribution in [0.25, 0.3) is 0 Å². The van der Waals surface area contributed by atoms with Gasteiger partial charge in [-0.25, -0.2) is 4.39 Å². The van der Waals surface area contributed by atoms with Crippen LogP contribution in [0.3, 0.4) is 0 Å². The van der Waals surface area contributed by atoms with Gasteiger partial charge in [0.15, 0.2) is 0 Å². The van der Waals surface area contributed by atoms with Crippen molar-refractivity contribution in [1.82, 2.24) is 10.2 Å². The number of carbonyl (C=O) groups excluding carboxylic acids is 1. The second-order valence-electron chi connectivity index (χ2n) is 8.70. The van der Waals surface area contributed by atoms with Crippen molar-refractivity contribution < 1.29 is 13.9 Å². The number of fused-ring (bicyclic) bond motifs is 1. The van der Waals surface area contributed by atoms with E-state index < -0.39 is 0 Å². The lowest BCUT2D eigenvalue weighted by molar-refractivity contribution is -0.127. The first-order valence-corrected chi connectivity index (χ1v) is 10.1. The summed E-state index contributed by atoms with van der Waals surface area (Å²) in [7, 11) is 0. The number of halogens is 1. The lowest BCUT2D eigenvalue weighted by Gasteiger charge is -2.31. The third kappa shape index (κ3) is 2.76. The molecular formula is C21H27FN2O2. The van der Waals surface area contributed by atoms with Gasteiger partial charge in [-0.2, -0.15) is 0 Å². The molecule has 3 saturated heterocycles. The summed E-state index contributed by atoms with van der Waals surface area (Å²) in [6.45, 7) is 3.43. The molecule has 0 radical (unpaired) electrons. The lowest BCUT2D eigenvalue weighted by Crippen LogP contribution is -2.44. The van der Waals surface area contributed by atoms with Crippen LogP contribution in [0, 0.1) is 23.6 Å². The van der Waals surface area contributed by atoms with Gasteiger partial charge in [0, 0.05) is 43.9 Å². The summed E-state index contributed by atoms with van der Waals surface area (Å²) in [6.07, 6.45) is 5.81. The van der Waals surface area contributed by atoms with Crippen LogP contribution in [0.2, 0.25) is 0 Å². The highest BCUT2D eigenvalue weighted by atomic mass is 19.1. The third-order valence-electron chi connectivity index (χ3n) is 7.14. The molecule has 140 valence electrons. The maximum absolute atomic E-state index is 13.5. The van der Waals surface area contributed by atoms with Gasteiger partial charge in [-0.05, 0) is 43.4 Å². The minimum Gasteiger partial charge on any atom is -0.370 e. The number of nitrogens with zero attached hydrogens (tertiary/aromatic N) is 1. The zero-order valence-corrected chi connectivity index (χ0v) is 15.1. The second kappa shape index (κ2) is 6.31. The molecule has 2 bridgehead atoms. The first kappa shape index (κ1) is 16.7. The summed E-state index contributed by atoms with van der Waals surface area (Å²) in [5.74, 6) is 1.22. The Morgan fingerprint density at radius 3 is 3.00 bits per heavy atom. The average molecular weight is 358 g/mol. The minimum absolute atomic E-state index is 0.0378. The normalized spacial score (nSPS) is 36.1. The molecule has 0 unspecified atom stereocenters. The third-order valence-corrected chi connectivity index (χ3v) is 7.14. The predicted molar refractivity (Wildman–Crippen MR) is 95.8 cm³/mol. The van der Waals surface area contributed by atoms with E-state index >= 15 is 0 Å². The van der Waals surface area contributed by atoms with Crippen LogP contribution in [0.5, 0.6) is 0 Å². The average Bonchev–Trinajstić information content (AvgIpc) is 3.19. The molecule has 1 aromatic rings. The van der Waals surface area contributed by atoms with Crippen molar-refractivity contribution in [3.63, 3.8) is 0 Å². The fourth-order valence-electron chi connectivity index (χ4n) is 5.61. The zero-order chi connectivity index (χ0) is 17.7. The topological polar surface area (TPSA) is 41.6 Å². The number of nitrogens with one attached hydrogen (secondary N) is 1. The molecule has 1 aliphatic carbocycles. The first-order chi connectivity index (χ1) is 12.6. The molecule has 26 heavy (non-hydrogen) atoms. The van der Waals surface area contributed by atoms with Crippen molar-refractivity contribution in [3.05, 3.63) is 35.6 Å². The van der Waals surface area contributed by atoms with Gasteiger partial charge >= 0.3 is 0 Å². The monoisotopic (exact) mass is 358 g/mol. The van der Waals surface area contributed by atoms with Crippen molar-refractivity contribution in [2.24, 2.45) is 17.8 Å². The molecule has 3 heterocycles. The van der Waals surface area contributed by atoms with Crippen LogP contribution in [0.15, 0.2) is 24.3 Å². The van der Waals surface area contributed by atoms with E-state index in [0.29, 0.717) is 17.9 Å². The van der Waals surface area contributed by atoms with E-state index in [4.69, 9.17) is 4.74 Å². The Labute approximate surface area is 154 Å². The van der Waals surface area contributed by atoms with E-state index in [1.165, 1.54) is 12.5 Å². The van der Waals surface area contributed by atoms with E-state index in [-0.39, 0.29) is 23.2 Å². The maximum Gasteiger partial charge on any atom is 0.223 e. The molecule has 1 aromatic carbocycles. The fraction of sp³-hybridized carbons (Fsp3) is 0.667. The minimum atomic E-state index is -0.172. The fourth-order valence-corrected chi connectivity index (χ4v) is 5.61. The van der Waals surface area contributed by atoms with Gasteiger partial charge in [0.2, 0.25) is 5.91 Å². The number of benzene rings is 1. The lowest BCUT2D eigenvalue weighted by atomic mass is 9.73. The quantitative estimate of drug-likeness (QED) is 0.880. The highest BCUT2D eigenvalue weighted by Crippen LogP contribution is 2.54. The first-order valence-electron chi connectivity index (χ1n) is 10.1. The Bertz CT molecular complexity index is 707. The van der Waals surface area contributed by atoms with E-state index in [9.17, 15) is 9.18 Å². The van der Waals surface area contributed by atoms with Gasteiger partial charge in [-0.3, -0.25) is 9.69 Å². The molecule has 4 nitrogen and oxygen atoms in total. The Hall–Kier alpha value is -1.46. The van der Waals surface area contributed by atoms with Gasteiger partial charge in [0.25, 0.3) is 0 Å². The maximum atomic E-state index is 13.5. The molecule has 4 aliphatic rings. The van der Waals surface area contributed by atoms with Crippen molar-refractivity contribution >= 4 is 5.91 Å². The summed E-state index contributed by atoms with van der Waals surface area (Å²) >= 11 is 0. The van der Waals surface area contributed by atoms with E-state index in [2.05, 4.69) is 10.2 Å². The highest BCUT2D eigenvalue weighted by Gasteiger charge is 2.62.